The molecule has 182 valence electrons. The smallest absolute Gasteiger partial charge is 0.295 e. The number of Topliss-reactive ketones (excluding diaryl/α,β-unsaturated/α-hetero) is 1. The Labute approximate surface area is 205 Å². The third-order valence-electron chi connectivity index (χ3n) is 6.01. The minimum absolute atomic E-state index is 0.0302. The van der Waals surface area contributed by atoms with Crippen LogP contribution in [0.15, 0.2) is 48.0 Å². The summed E-state index contributed by atoms with van der Waals surface area (Å²) in [4.78, 5) is 30.1. The molecule has 34 heavy (non-hydrogen) atoms. The molecule has 0 aliphatic carbocycles. The lowest BCUT2D eigenvalue weighted by molar-refractivity contribution is -0.140. The minimum atomic E-state index is -0.753. The molecular formula is C26H31ClN2O5. The molecule has 1 N–H and O–H groups in total. The number of aliphatic hydroxyl groups excluding tert-OH is 1. The van der Waals surface area contributed by atoms with Gasteiger partial charge in [0.1, 0.15) is 17.3 Å². The predicted molar refractivity (Wildman–Crippen MR) is 132 cm³/mol. The summed E-state index contributed by atoms with van der Waals surface area (Å²) in [6.07, 6.45) is 0. The first kappa shape index (κ1) is 25.6. The Balaban J connectivity index is 2.13. The van der Waals surface area contributed by atoms with E-state index in [9.17, 15) is 14.7 Å². The zero-order valence-corrected chi connectivity index (χ0v) is 20.8. The number of likely N-dealkylation sites (tertiary alicyclic amines) is 1. The van der Waals surface area contributed by atoms with Crippen LogP contribution in [-0.2, 0) is 9.59 Å². The molecule has 8 heteroatoms. The molecule has 1 heterocycles. The number of halogens is 1. The lowest BCUT2D eigenvalue weighted by Crippen LogP contribution is -2.38. The van der Waals surface area contributed by atoms with Gasteiger partial charge in [-0.1, -0.05) is 37.6 Å². The van der Waals surface area contributed by atoms with Crippen molar-refractivity contribution in [3.63, 3.8) is 0 Å². The Kier molecular flexibility index (Phi) is 8.58. The molecule has 1 fully saturated rings. The first-order valence-corrected chi connectivity index (χ1v) is 11.8. The molecule has 2 aromatic carbocycles. The summed E-state index contributed by atoms with van der Waals surface area (Å²) in [6.45, 7) is 8.92. The largest absolute Gasteiger partial charge is 0.507 e. The highest BCUT2D eigenvalue weighted by atomic mass is 35.5. The van der Waals surface area contributed by atoms with Gasteiger partial charge in [0.05, 0.1) is 30.4 Å². The van der Waals surface area contributed by atoms with E-state index >= 15 is 0 Å². The van der Waals surface area contributed by atoms with Crippen LogP contribution >= 0.6 is 11.6 Å². The van der Waals surface area contributed by atoms with Crippen LogP contribution in [0.5, 0.6) is 11.5 Å². The number of carbonyl (C=O) groups is 2. The van der Waals surface area contributed by atoms with Crippen LogP contribution in [0.25, 0.3) is 5.76 Å². The maximum Gasteiger partial charge on any atom is 0.295 e. The number of methoxy groups -OCH3 is 1. The van der Waals surface area contributed by atoms with Gasteiger partial charge in [0.2, 0.25) is 0 Å². The minimum Gasteiger partial charge on any atom is -0.507 e. The predicted octanol–water partition coefficient (Wildman–Crippen LogP) is 4.51. The number of ketones is 1. The number of amides is 1. The normalized spacial score (nSPS) is 17.5. The fourth-order valence-corrected chi connectivity index (χ4v) is 4.30. The van der Waals surface area contributed by atoms with Gasteiger partial charge in [-0.3, -0.25) is 9.59 Å². The first-order valence-electron chi connectivity index (χ1n) is 11.4. The Morgan fingerprint density at radius 3 is 2.50 bits per heavy atom. The van der Waals surface area contributed by atoms with Crippen molar-refractivity contribution in [3.8, 4) is 11.5 Å². The van der Waals surface area contributed by atoms with Gasteiger partial charge in [-0.2, -0.15) is 0 Å². The fraction of sp³-hybridized carbons (Fsp3) is 0.385. The van der Waals surface area contributed by atoms with Crippen LogP contribution in [0, 0.1) is 0 Å². The lowest BCUT2D eigenvalue weighted by atomic mass is 9.95. The SMILES string of the molecule is CCOc1cc(/C(O)=C2/C(=O)C(=O)N(CCN(CC)CC)C2c2cccc(OC)c2)ccc1Cl. The van der Waals surface area contributed by atoms with E-state index in [1.165, 1.54) is 4.90 Å². The second-order valence-corrected chi connectivity index (χ2v) is 8.28. The number of carbonyl (C=O) groups excluding carboxylic acids is 2. The zero-order valence-electron chi connectivity index (χ0n) is 20.0. The Bertz CT molecular complexity index is 1080. The Morgan fingerprint density at radius 2 is 1.85 bits per heavy atom. The number of hydrogen-bond donors (Lipinski definition) is 1. The molecule has 1 unspecified atom stereocenters. The number of likely N-dealkylation sites (N-methyl/N-ethyl adjacent to an activating group) is 1. The molecule has 1 aliphatic rings. The highest BCUT2D eigenvalue weighted by Crippen LogP contribution is 2.41. The van der Waals surface area contributed by atoms with Crippen molar-refractivity contribution in [1.82, 2.24) is 9.80 Å². The van der Waals surface area contributed by atoms with Crippen LogP contribution in [0.1, 0.15) is 37.9 Å². The third kappa shape index (κ3) is 5.21. The lowest BCUT2D eigenvalue weighted by Gasteiger charge is -2.28. The van der Waals surface area contributed by atoms with Crippen molar-refractivity contribution in [2.75, 3.05) is 39.9 Å². The van der Waals surface area contributed by atoms with E-state index in [1.807, 2.05) is 26.8 Å². The molecule has 1 saturated heterocycles. The van der Waals surface area contributed by atoms with Crippen molar-refractivity contribution in [1.29, 1.82) is 0 Å². The molecular weight excluding hydrogens is 456 g/mol. The van der Waals surface area contributed by atoms with Crippen LogP contribution in [0.4, 0.5) is 0 Å². The van der Waals surface area contributed by atoms with E-state index in [0.29, 0.717) is 47.3 Å². The monoisotopic (exact) mass is 486 g/mol. The fourth-order valence-electron chi connectivity index (χ4n) is 4.13. The Hall–Kier alpha value is -3.03. The molecule has 7 nitrogen and oxygen atoms in total. The van der Waals surface area contributed by atoms with Gasteiger partial charge in [-0.15, -0.1) is 0 Å². The summed E-state index contributed by atoms with van der Waals surface area (Å²) >= 11 is 6.20. The van der Waals surface area contributed by atoms with Gasteiger partial charge in [0.25, 0.3) is 11.7 Å². The second-order valence-electron chi connectivity index (χ2n) is 7.87. The quantitative estimate of drug-likeness (QED) is 0.302. The maximum atomic E-state index is 13.2. The first-order chi connectivity index (χ1) is 16.4. The van der Waals surface area contributed by atoms with E-state index in [1.54, 1.807) is 43.5 Å². The van der Waals surface area contributed by atoms with Crippen molar-refractivity contribution < 1.29 is 24.2 Å². The molecule has 0 saturated carbocycles. The third-order valence-corrected chi connectivity index (χ3v) is 6.32. The number of hydrogen-bond acceptors (Lipinski definition) is 6. The number of benzene rings is 2. The standard InChI is InChI=1S/C26H31ClN2O5/c1-5-28(6-2)13-14-29-23(17-9-8-10-19(15-17)33-4)22(25(31)26(29)32)24(30)18-11-12-20(27)21(16-18)34-7-3/h8-12,15-16,23,30H,5-7,13-14H2,1-4H3/b24-22-. The van der Waals surface area contributed by atoms with Crippen molar-refractivity contribution >= 4 is 29.1 Å². The van der Waals surface area contributed by atoms with E-state index < -0.39 is 17.7 Å². The number of ether oxygens (including phenoxy) is 2. The Morgan fingerprint density at radius 1 is 1.12 bits per heavy atom. The van der Waals surface area contributed by atoms with Crippen LogP contribution in [0.2, 0.25) is 5.02 Å². The van der Waals surface area contributed by atoms with Gasteiger partial charge in [-0.25, -0.2) is 0 Å². The summed E-state index contributed by atoms with van der Waals surface area (Å²) in [5.74, 6) is -0.647. The molecule has 0 spiro atoms. The molecule has 2 aromatic rings. The van der Waals surface area contributed by atoms with Gasteiger partial charge >= 0.3 is 0 Å². The van der Waals surface area contributed by atoms with E-state index in [0.717, 1.165) is 13.1 Å². The summed E-state index contributed by atoms with van der Waals surface area (Å²) in [6, 6.07) is 11.2. The highest BCUT2D eigenvalue weighted by Gasteiger charge is 2.46. The average molecular weight is 487 g/mol. The second kappa shape index (κ2) is 11.4. The number of aliphatic hydroxyl groups is 1. The summed E-state index contributed by atoms with van der Waals surface area (Å²) in [5, 5.41) is 11.7. The van der Waals surface area contributed by atoms with Crippen molar-refractivity contribution in [2.24, 2.45) is 0 Å². The van der Waals surface area contributed by atoms with Crippen LogP contribution in [0.3, 0.4) is 0 Å². The van der Waals surface area contributed by atoms with E-state index in [4.69, 9.17) is 21.1 Å². The summed E-state index contributed by atoms with van der Waals surface area (Å²) in [7, 11) is 1.55. The number of nitrogens with zero attached hydrogens (tertiary/aromatic N) is 2. The summed E-state index contributed by atoms with van der Waals surface area (Å²) in [5.41, 5.74) is 1.06. The average Bonchev–Trinajstić information content (AvgIpc) is 3.10. The number of rotatable bonds is 10. The molecule has 3 rings (SSSR count). The zero-order chi connectivity index (χ0) is 24.8. The molecule has 0 bridgehead atoms. The molecule has 0 radical (unpaired) electrons. The molecule has 1 aliphatic heterocycles. The highest BCUT2D eigenvalue weighted by molar-refractivity contribution is 6.46. The van der Waals surface area contributed by atoms with Gasteiger partial charge in [-0.05, 0) is 55.9 Å². The molecule has 1 amide bonds. The van der Waals surface area contributed by atoms with Gasteiger partial charge in [0.15, 0.2) is 0 Å². The maximum absolute atomic E-state index is 13.2. The topological polar surface area (TPSA) is 79.3 Å². The van der Waals surface area contributed by atoms with Crippen molar-refractivity contribution in [2.45, 2.75) is 26.8 Å². The molecule has 0 aromatic heterocycles. The van der Waals surface area contributed by atoms with Crippen LogP contribution < -0.4 is 9.47 Å². The van der Waals surface area contributed by atoms with Crippen LogP contribution in [-0.4, -0.2) is 66.5 Å². The van der Waals surface area contributed by atoms with Gasteiger partial charge < -0.3 is 24.4 Å². The molecule has 1 atom stereocenters. The van der Waals surface area contributed by atoms with E-state index in [-0.39, 0.29) is 11.3 Å². The summed E-state index contributed by atoms with van der Waals surface area (Å²) < 4.78 is 10.9. The van der Waals surface area contributed by atoms with Crippen molar-refractivity contribution in [3.05, 3.63) is 64.2 Å². The van der Waals surface area contributed by atoms with E-state index in [2.05, 4.69) is 4.90 Å². The van der Waals surface area contributed by atoms with Gasteiger partial charge in [0, 0.05) is 18.7 Å².